The number of aliphatic hydroxyl groups excluding tert-OH is 1. The standard InChI is InChI=1S/C24H28F3NO4/c1-28-23(31)10-5-3-2-4-7-17-11-14-22(30)21(17)13-12-19(29)16-32-20-9-6-8-18(15-20)24(25,26)27/h2,4,6,8-9,11-15,17,19,21,29H,3,5,7,10,16H2,1H3,(H,28,31)/t17-,19?,21+/m0/s1. The van der Waals surface area contributed by atoms with Crippen molar-refractivity contribution >= 4 is 11.7 Å². The van der Waals surface area contributed by atoms with Crippen molar-refractivity contribution in [1.29, 1.82) is 0 Å². The molecule has 1 aromatic rings. The number of hydrogen-bond donors (Lipinski definition) is 2. The summed E-state index contributed by atoms with van der Waals surface area (Å²) in [5, 5.41) is 12.7. The average molecular weight is 451 g/mol. The van der Waals surface area contributed by atoms with Gasteiger partial charge in [-0.1, -0.05) is 36.4 Å². The van der Waals surface area contributed by atoms with E-state index in [1.165, 1.54) is 24.3 Å². The van der Waals surface area contributed by atoms with Crippen LogP contribution in [0.15, 0.2) is 60.7 Å². The van der Waals surface area contributed by atoms with E-state index < -0.39 is 23.8 Å². The maximum absolute atomic E-state index is 12.8. The van der Waals surface area contributed by atoms with Crippen molar-refractivity contribution in [3.05, 3.63) is 66.3 Å². The van der Waals surface area contributed by atoms with Crippen LogP contribution in [0, 0.1) is 11.8 Å². The number of hydrogen-bond acceptors (Lipinski definition) is 4. The largest absolute Gasteiger partial charge is 0.491 e. The molecule has 3 atom stereocenters. The molecule has 0 spiro atoms. The van der Waals surface area contributed by atoms with Crippen LogP contribution < -0.4 is 10.1 Å². The molecule has 0 radical (unpaired) electrons. The van der Waals surface area contributed by atoms with E-state index in [1.807, 2.05) is 18.2 Å². The Kier molecular flexibility index (Phi) is 9.71. The Bertz CT molecular complexity index is 861. The summed E-state index contributed by atoms with van der Waals surface area (Å²) in [5.74, 6) is -0.502. The van der Waals surface area contributed by atoms with Crippen LogP contribution in [0.5, 0.6) is 5.75 Å². The number of aliphatic hydroxyl groups is 1. The minimum Gasteiger partial charge on any atom is -0.491 e. The molecule has 1 aliphatic carbocycles. The van der Waals surface area contributed by atoms with E-state index in [9.17, 15) is 27.9 Å². The molecular formula is C24H28F3NO4. The van der Waals surface area contributed by atoms with Crippen molar-refractivity contribution in [2.75, 3.05) is 13.7 Å². The van der Waals surface area contributed by atoms with E-state index in [1.54, 1.807) is 13.1 Å². The normalized spacial score (nSPS) is 19.7. The highest BCUT2D eigenvalue weighted by molar-refractivity contribution is 5.95. The van der Waals surface area contributed by atoms with E-state index in [2.05, 4.69) is 5.32 Å². The third kappa shape index (κ3) is 8.34. The number of carbonyl (C=O) groups excluding carboxylic acids is 2. The van der Waals surface area contributed by atoms with Gasteiger partial charge in [0.1, 0.15) is 18.5 Å². The lowest BCUT2D eigenvalue weighted by molar-refractivity contribution is -0.137. The van der Waals surface area contributed by atoms with Crippen LogP contribution in [0.3, 0.4) is 0 Å². The second-order valence-electron chi connectivity index (χ2n) is 7.51. The van der Waals surface area contributed by atoms with Crippen LogP contribution in [0.4, 0.5) is 13.2 Å². The monoisotopic (exact) mass is 451 g/mol. The molecule has 1 aromatic carbocycles. The topological polar surface area (TPSA) is 75.6 Å². The molecular weight excluding hydrogens is 423 g/mol. The Morgan fingerprint density at radius 1 is 1.31 bits per heavy atom. The Hall–Kier alpha value is -2.87. The summed E-state index contributed by atoms with van der Waals surface area (Å²) in [7, 11) is 1.60. The van der Waals surface area contributed by atoms with Crippen molar-refractivity contribution in [2.45, 2.75) is 38.0 Å². The van der Waals surface area contributed by atoms with Gasteiger partial charge in [0.05, 0.1) is 5.56 Å². The number of halogens is 3. The molecule has 32 heavy (non-hydrogen) atoms. The number of benzene rings is 1. The highest BCUT2D eigenvalue weighted by Crippen LogP contribution is 2.31. The number of nitrogens with one attached hydrogen (secondary N) is 1. The number of unbranched alkanes of at least 4 members (excludes halogenated alkanes) is 1. The van der Waals surface area contributed by atoms with Gasteiger partial charge >= 0.3 is 6.18 Å². The third-order valence-corrected chi connectivity index (χ3v) is 5.05. The predicted molar refractivity (Wildman–Crippen MR) is 115 cm³/mol. The minimum atomic E-state index is -4.47. The molecule has 0 aromatic heterocycles. The van der Waals surface area contributed by atoms with Crippen LogP contribution in [-0.2, 0) is 15.8 Å². The molecule has 0 bridgehead atoms. The zero-order chi connectivity index (χ0) is 23.6. The third-order valence-electron chi connectivity index (χ3n) is 5.05. The summed E-state index contributed by atoms with van der Waals surface area (Å²) in [6.45, 7) is -0.234. The number of carbonyl (C=O) groups is 2. The maximum Gasteiger partial charge on any atom is 0.416 e. The molecule has 1 unspecified atom stereocenters. The van der Waals surface area contributed by atoms with E-state index in [-0.39, 0.29) is 30.0 Å². The summed E-state index contributed by atoms with van der Waals surface area (Å²) < 4.78 is 43.5. The first-order valence-corrected chi connectivity index (χ1v) is 10.4. The van der Waals surface area contributed by atoms with Gasteiger partial charge in [-0.3, -0.25) is 9.59 Å². The molecule has 2 rings (SSSR count). The molecule has 8 heteroatoms. The smallest absolute Gasteiger partial charge is 0.416 e. The Morgan fingerprint density at radius 2 is 2.09 bits per heavy atom. The van der Waals surface area contributed by atoms with Gasteiger partial charge in [-0.05, 0) is 49.5 Å². The van der Waals surface area contributed by atoms with Crippen LogP contribution in [0.25, 0.3) is 0 Å². The van der Waals surface area contributed by atoms with E-state index in [0.717, 1.165) is 25.0 Å². The van der Waals surface area contributed by atoms with Crippen molar-refractivity contribution in [3.8, 4) is 5.75 Å². The van der Waals surface area contributed by atoms with Gasteiger partial charge in [-0.2, -0.15) is 13.2 Å². The van der Waals surface area contributed by atoms with Crippen molar-refractivity contribution in [1.82, 2.24) is 5.32 Å². The van der Waals surface area contributed by atoms with Crippen LogP contribution in [-0.4, -0.2) is 36.6 Å². The summed E-state index contributed by atoms with van der Waals surface area (Å²) in [6.07, 6.45) is 7.45. The van der Waals surface area contributed by atoms with Gasteiger partial charge in [0, 0.05) is 19.4 Å². The quantitative estimate of drug-likeness (QED) is 0.390. The van der Waals surface area contributed by atoms with E-state index >= 15 is 0 Å². The first-order chi connectivity index (χ1) is 15.2. The lowest BCUT2D eigenvalue weighted by Crippen LogP contribution is -2.18. The number of rotatable bonds is 11. The first kappa shape index (κ1) is 25.4. The van der Waals surface area contributed by atoms with Gasteiger partial charge in [-0.25, -0.2) is 0 Å². The molecule has 1 amide bonds. The molecule has 1 aliphatic rings. The summed E-state index contributed by atoms with van der Waals surface area (Å²) in [4.78, 5) is 23.3. The molecule has 5 nitrogen and oxygen atoms in total. The molecule has 0 aliphatic heterocycles. The van der Waals surface area contributed by atoms with Gasteiger partial charge in [0.2, 0.25) is 5.91 Å². The van der Waals surface area contributed by atoms with E-state index in [4.69, 9.17) is 4.74 Å². The van der Waals surface area contributed by atoms with Crippen molar-refractivity contribution in [3.63, 3.8) is 0 Å². The van der Waals surface area contributed by atoms with Crippen LogP contribution in [0.1, 0.15) is 31.2 Å². The fourth-order valence-electron chi connectivity index (χ4n) is 3.25. The van der Waals surface area contributed by atoms with Gasteiger partial charge in [-0.15, -0.1) is 0 Å². The lowest BCUT2D eigenvalue weighted by Gasteiger charge is -2.14. The number of ether oxygens (including phenoxy) is 1. The maximum atomic E-state index is 12.8. The van der Waals surface area contributed by atoms with Crippen LogP contribution in [0.2, 0.25) is 0 Å². The zero-order valence-electron chi connectivity index (χ0n) is 17.8. The minimum absolute atomic E-state index is 0.00326. The highest BCUT2D eigenvalue weighted by atomic mass is 19.4. The van der Waals surface area contributed by atoms with Gasteiger partial charge < -0.3 is 15.2 Å². The SMILES string of the molecule is CNC(=O)CCCC=CC[C@H]1C=CC(=O)[C@@H]1C=CC(O)COc1cccc(C(F)(F)F)c1. The van der Waals surface area contributed by atoms with Crippen LogP contribution >= 0.6 is 0 Å². The highest BCUT2D eigenvalue weighted by Gasteiger charge is 2.30. The molecule has 0 heterocycles. The molecule has 0 saturated carbocycles. The summed E-state index contributed by atoms with van der Waals surface area (Å²) in [6, 6.07) is 4.43. The Labute approximate surface area is 185 Å². The fraction of sp³-hybridized carbons (Fsp3) is 0.417. The summed E-state index contributed by atoms with van der Waals surface area (Å²) in [5.41, 5.74) is -0.827. The summed E-state index contributed by atoms with van der Waals surface area (Å²) >= 11 is 0. The number of alkyl halides is 3. The second kappa shape index (κ2) is 12.2. The Morgan fingerprint density at radius 3 is 2.81 bits per heavy atom. The zero-order valence-corrected chi connectivity index (χ0v) is 17.8. The Balaban J connectivity index is 1.81. The molecule has 2 N–H and O–H groups in total. The number of ketones is 1. The van der Waals surface area contributed by atoms with Crippen molar-refractivity contribution < 1.29 is 32.6 Å². The average Bonchev–Trinajstić information content (AvgIpc) is 3.11. The van der Waals surface area contributed by atoms with Crippen molar-refractivity contribution in [2.24, 2.45) is 11.8 Å². The van der Waals surface area contributed by atoms with E-state index in [0.29, 0.717) is 12.8 Å². The predicted octanol–water partition coefficient (Wildman–Crippen LogP) is 4.24. The number of allylic oxidation sites excluding steroid dienone is 5. The number of amides is 1. The van der Waals surface area contributed by atoms with Gasteiger partial charge in [0.25, 0.3) is 0 Å². The molecule has 174 valence electrons. The second-order valence-corrected chi connectivity index (χ2v) is 7.51. The first-order valence-electron chi connectivity index (χ1n) is 10.4. The molecule has 0 saturated heterocycles. The van der Waals surface area contributed by atoms with Gasteiger partial charge in [0.15, 0.2) is 5.78 Å². The fourth-order valence-corrected chi connectivity index (χ4v) is 3.25. The molecule has 0 fully saturated rings. The lowest BCUT2D eigenvalue weighted by atomic mass is 9.91.